The number of aryl methyl sites for hydroxylation is 3. The molecule has 2 aromatic rings. The third-order valence-electron chi connectivity index (χ3n) is 5.08. The number of aromatic nitrogens is 1. The second-order valence-corrected chi connectivity index (χ2v) is 9.17. The van der Waals surface area contributed by atoms with E-state index in [2.05, 4.69) is 17.4 Å². The second kappa shape index (κ2) is 8.45. The highest BCUT2D eigenvalue weighted by molar-refractivity contribution is 7.89. The van der Waals surface area contributed by atoms with Crippen LogP contribution in [0.3, 0.4) is 0 Å². The molecule has 0 bridgehead atoms. The first-order chi connectivity index (χ1) is 13.3. The van der Waals surface area contributed by atoms with Gasteiger partial charge in [0, 0.05) is 18.8 Å². The Morgan fingerprint density at radius 2 is 2.00 bits per heavy atom. The number of carbonyl (C=O) groups excluding carboxylic acids is 1. The largest absolute Gasteiger partial charge is 0.360 e. The first-order valence-electron chi connectivity index (χ1n) is 9.65. The standard InChI is InChI=1S/C20H27N3O4S/c1-4-6-16-8-10-18(11-9-16)21-20(24)17-7-5-12-23(13-17)28(25,26)19-14(2)22-27-15(19)3/h8-11,17H,4-7,12-13H2,1-3H3,(H,21,24)/t17-/m1/s1. The monoisotopic (exact) mass is 405 g/mol. The van der Waals surface area contributed by atoms with Gasteiger partial charge in [-0.15, -0.1) is 0 Å². The first kappa shape index (κ1) is 20.5. The predicted molar refractivity (Wildman–Crippen MR) is 107 cm³/mol. The maximum Gasteiger partial charge on any atom is 0.248 e. The molecule has 1 aliphatic rings. The van der Waals surface area contributed by atoms with Crippen LogP contribution in [0.2, 0.25) is 0 Å². The fourth-order valence-electron chi connectivity index (χ4n) is 3.63. The smallest absolute Gasteiger partial charge is 0.248 e. The van der Waals surface area contributed by atoms with Crippen LogP contribution < -0.4 is 5.32 Å². The molecule has 1 saturated heterocycles. The molecule has 0 aliphatic carbocycles. The summed E-state index contributed by atoms with van der Waals surface area (Å²) in [4.78, 5) is 12.8. The van der Waals surface area contributed by atoms with E-state index >= 15 is 0 Å². The number of nitrogens with zero attached hydrogens (tertiary/aromatic N) is 2. The molecule has 28 heavy (non-hydrogen) atoms. The van der Waals surface area contributed by atoms with E-state index in [1.54, 1.807) is 13.8 Å². The maximum absolute atomic E-state index is 13.0. The number of rotatable bonds is 6. The highest BCUT2D eigenvalue weighted by atomic mass is 32.2. The molecular formula is C20H27N3O4S. The number of anilines is 1. The van der Waals surface area contributed by atoms with Crippen molar-refractivity contribution in [2.45, 2.75) is 51.3 Å². The van der Waals surface area contributed by atoms with Crippen LogP contribution in [0.1, 0.15) is 43.2 Å². The topological polar surface area (TPSA) is 92.5 Å². The first-order valence-corrected chi connectivity index (χ1v) is 11.1. The Balaban J connectivity index is 1.69. The van der Waals surface area contributed by atoms with Crippen molar-refractivity contribution in [3.8, 4) is 0 Å². The van der Waals surface area contributed by atoms with Gasteiger partial charge in [-0.05, 0) is 50.8 Å². The predicted octanol–water partition coefficient (Wildman–Crippen LogP) is 3.28. The zero-order chi connectivity index (χ0) is 20.3. The number of hydrogen-bond donors (Lipinski definition) is 1. The zero-order valence-corrected chi connectivity index (χ0v) is 17.4. The molecule has 0 saturated carbocycles. The van der Waals surface area contributed by atoms with Crippen molar-refractivity contribution in [1.82, 2.24) is 9.46 Å². The molecule has 1 aromatic heterocycles. The Bertz CT molecular complexity index is 915. The number of carbonyl (C=O) groups is 1. The van der Waals surface area contributed by atoms with Gasteiger partial charge >= 0.3 is 0 Å². The number of sulfonamides is 1. The molecule has 1 aromatic carbocycles. The summed E-state index contributed by atoms with van der Waals surface area (Å²) < 4.78 is 32.4. The van der Waals surface area contributed by atoms with Crippen LogP contribution in [0.15, 0.2) is 33.7 Å². The summed E-state index contributed by atoms with van der Waals surface area (Å²) in [6.45, 7) is 5.87. The van der Waals surface area contributed by atoms with E-state index in [0.717, 1.165) is 18.5 Å². The summed E-state index contributed by atoms with van der Waals surface area (Å²) >= 11 is 0. The van der Waals surface area contributed by atoms with Gasteiger partial charge in [-0.2, -0.15) is 4.31 Å². The fourth-order valence-corrected chi connectivity index (χ4v) is 5.45. The van der Waals surface area contributed by atoms with Crippen LogP contribution in [-0.4, -0.2) is 36.9 Å². The molecule has 3 rings (SSSR count). The Hall–Kier alpha value is -2.19. The van der Waals surface area contributed by atoms with Crippen molar-refractivity contribution >= 4 is 21.6 Å². The minimum atomic E-state index is -3.73. The van der Waals surface area contributed by atoms with E-state index in [0.29, 0.717) is 25.1 Å². The maximum atomic E-state index is 13.0. The molecule has 152 valence electrons. The van der Waals surface area contributed by atoms with Gasteiger partial charge in [0.2, 0.25) is 15.9 Å². The number of hydrogen-bond acceptors (Lipinski definition) is 5. The third kappa shape index (κ3) is 4.28. The summed E-state index contributed by atoms with van der Waals surface area (Å²) in [6, 6.07) is 7.80. The van der Waals surface area contributed by atoms with Crippen LogP contribution in [0, 0.1) is 19.8 Å². The number of amides is 1. The van der Waals surface area contributed by atoms with Crippen molar-refractivity contribution < 1.29 is 17.7 Å². The Labute approximate surface area is 166 Å². The van der Waals surface area contributed by atoms with Gasteiger partial charge in [-0.3, -0.25) is 4.79 Å². The van der Waals surface area contributed by atoms with E-state index < -0.39 is 10.0 Å². The fraction of sp³-hybridized carbons (Fsp3) is 0.500. The SMILES string of the molecule is CCCc1ccc(NC(=O)[C@@H]2CCCN(S(=O)(=O)c3c(C)noc3C)C2)cc1. The van der Waals surface area contributed by atoms with E-state index in [-0.39, 0.29) is 29.0 Å². The average molecular weight is 406 g/mol. The van der Waals surface area contributed by atoms with Gasteiger partial charge in [0.15, 0.2) is 5.76 Å². The summed E-state index contributed by atoms with van der Waals surface area (Å²) in [6.07, 6.45) is 3.37. The van der Waals surface area contributed by atoms with Crippen LogP contribution in [-0.2, 0) is 21.2 Å². The zero-order valence-electron chi connectivity index (χ0n) is 16.6. The molecule has 1 aliphatic heterocycles. The van der Waals surface area contributed by atoms with E-state index in [1.165, 1.54) is 9.87 Å². The molecule has 0 radical (unpaired) electrons. The quantitative estimate of drug-likeness (QED) is 0.796. The van der Waals surface area contributed by atoms with Crippen LogP contribution >= 0.6 is 0 Å². The number of piperidine rings is 1. The number of nitrogens with one attached hydrogen (secondary N) is 1. The minimum absolute atomic E-state index is 0.111. The Morgan fingerprint density at radius 1 is 1.29 bits per heavy atom. The lowest BCUT2D eigenvalue weighted by Crippen LogP contribution is -2.43. The summed E-state index contributed by atoms with van der Waals surface area (Å²) in [7, 11) is -3.73. The number of benzene rings is 1. The van der Waals surface area contributed by atoms with Gasteiger partial charge < -0.3 is 9.84 Å². The van der Waals surface area contributed by atoms with Crippen molar-refractivity contribution in [3.05, 3.63) is 41.3 Å². The van der Waals surface area contributed by atoms with Crippen molar-refractivity contribution in [3.63, 3.8) is 0 Å². The van der Waals surface area contributed by atoms with Gasteiger partial charge in [0.05, 0.1) is 5.92 Å². The van der Waals surface area contributed by atoms with Crippen LogP contribution in [0.5, 0.6) is 0 Å². The Kier molecular flexibility index (Phi) is 6.20. The van der Waals surface area contributed by atoms with E-state index in [1.807, 2.05) is 24.3 Å². The molecule has 1 atom stereocenters. The molecule has 1 N–H and O–H groups in total. The minimum Gasteiger partial charge on any atom is -0.360 e. The molecule has 2 heterocycles. The van der Waals surface area contributed by atoms with Gasteiger partial charge in [0.25, 0.3) is 0 Å². The van der Waals surface area contributed by atoms with Crippen LogP contribution in [0.25, 0.3) is 0 Å². The van der Waals surface area contributed by atoms with Crippen molar-refractivity contribution in [1.29, 1.82) is 0 Å². The lowest BCUT2D eigenvalue weighted by Gasteiger charge is -2.31. The third-order valence-corrected chi connectivity index (χ3v) is 7.19. The second-order valence-electron chi connectivity index (χ2n) is 7.29. The molecule has 1 fully saturated rings. The summed E-state index contributed by atoms with van der Waals surface area (Å²) in [5.41, 5.74) is 2.31. The van der Waals surface area contributed by atoms with Gasteiger partial charge in [0.1, 0.15) is 10.6 Å². The molecular weight excluding hydrogens is 378 g/mol. The molecule has 0 unspecified atom stereocenters. The lowest BCUT2D eigenvalue weighted by molar-refractivity contribution is -0.120. The van der Waals surface area contributed by atoms with Gasteiger partial charge in [-0.25, -0.2) is 8.42 Å². The summed E-state index contributed by atoms with van der Waals surface area (Å²) in [5.74, 6) is -0.266. The molecule has 1 amide bonds. The van der Waals surface area contributed by atoms with E-state index in [9.17, 15) is 13.2 Å². The van der Waals surface area contributed by atoms with Crippen molar-refractivity contribution in [2.24, 2.45) is 5.92 Å². The molecule has 0 spiro atoms. The van der Waals surface area contributed by atoms with Crippen molar-refractivity contribution in [2.75, 3.05) is 18.4 Å². The highest BCUT2D eigenvalue weighted by Gasteiger charge is 2.36. The van der Waals surface area contributed by atoms with Gasteiger partial charge in [-0.1, -0.05) is 30.6 Å². The summed E-state index contributed by atoms with van der Waals surface area (Å²) in [5, 5.41) is 6.67. The average Bonchev–Trinajstić information content (AvgIpc) is 3.02. The lowest BCUT2D eigenvalue weighted by atomic mass is 9.98. The van der Waals surface area contributed by atoms with Crippen LogP contribution in [0.4, 0.5) is 5.69 Å². The van der Waals surface area contributed by atoms with E-state index in [4.69, 9.17) is 4.52 Å². The molecule has 8 heteroatoms. The molecule has 7 nitrogen and oxygen atoms in total. The highest BCUT2D eigenvalue weighted by Crippen LogP contribution is 2.28. The normalized spacial score (nSPS) is 18.2. The Morgan fingerprint density at radius 3 is 2.61 bits per heavy atom.